The molecule has 24 heavy (non-hydrogen) atoms. The van der Waals surface area contributed by atoms with Crippen LogP contribution in [0.1, 0.15) is 42.9 Å². The van der Waals surface area contributed by atoms with Crippen LogP contribution in [0.2, 0.25) is 0 Å². The lowest BCUT2D eigenvalue weighted by Gasteiger charge is -2.18. The van der Waals surface area contributed by atoms with E-state index in [9.17, 15) is 10.1 Å². The molecular formula is C18H17N5O. The van der Waals surface area contributed by atoms with Crippen molar-refractivity contribution in [1.82, 2.24) is 14.0 Å². The van der Waals surface area contributed by atoms with Gasteiger partial charge in [-0.1, -0.05) is 18.9 Å². The summed E-state index contributed by atoms with van der Waals surface area (Å²) in [5.41, 5.74) is 2.23. The number of fused-ring (bicyclic) bond motifs is 2. The van der Waals surface area contributed by atoms with E-state index in [4.69, 9.17) is 5.41 Å². The van der Waals surface area contributed by atoms with Crippen molar-refractivity contribution >= 4 is 16.7 Å². The fourth-order valence-electron chi connectivity index (χ4n) is 3.61. The molecule has 0 spiro atoms. The van der Waals surface area contributed by atoms with E-state index in [0.29, 0.717) is 16.7 Å². The minimum atomic E-state index is -0.193. The summed E-state index contributed by atoms with van der Waals surface area (Å²) in [6.07, 6.45) is 5.86. The second-order valence-electron chi connectivity index (χ2n) is 6.42. The zero-order valence-electron chi connectivity index (χ0n) is 13.4. The highest BCUT2D eigenvalue weighted by Gasteiger charge is 2.22. The molecule has 6 nitrogen and oxygen atoms in total. The molecule has 0 atom stereocenters. The molecule has 3 aromatic rings. The molecule has 3 aromatic heterocycles. The summed E-state index contributed by atoms with van der Waals surface area (Å²) in [7, 11) is 0. The van der Waals surface area contributed by atoms with Gasteiger partial charge in [-0.25, -0.2) is 4.98 Å². The molecule has 3 heterocycles. The molecule has 120 valence electrons. The smallest absolute Gasteiger partial charge is 0.267 e. The lowest BCUT2D eigenvalue weighted by Crippen LogP contribution is -2.29. The van der Waals surface area contributed by atoms with Crippen LogP contribution >= 0.6 is 0 Å². The Morgan fingerprint density at radius 3 is 2.79 bits per heavy atom. The van der Waals surface area contributed by atoms with Gasteiger partial charge in [-0.2, -0.15) is 5.26 Å². The van der Waals surface area contributed by atoms with E-state index in [1.807, 2.05) is 19.1 Å². The number of nitrogens with one attached hydrogen (secondary N) is 1. The number of hydrogen-bond acceptors (Lipinski definition) is 4. The van der Waals surface area contributed by atoms with Crippen molar-refractivity contribution in [2.45, 2.75) is 38.6 Å². The van der Waals surface area contributed by atoms with E-state index < -0.39 is 0 Å². The number of aryl methyl sites for hydroxylation is 1. The summed E-state index contributed by atoms with van der Waals surface area (Å²) in [6.45, 7) is 1.92. The van der Waals surface area contributed by atoms with Gasteiger partial charge in [0.05, 0.1) is 10.9 Å². The molecule has 0 radical (unpaired) electrons. The normalized spacial score (nSPS) is 15.2. The third-order valence-corrected chi connectivity index (χ3v) is 4.81. The maximum Gasteiger partial charge on any atom is 0.267 e. The Bertz CT molecular complexity index is 1130. The molecule has 0 amide bonds. The summed E-state index contributed by atoms with van der Waals surface area (Å²) < 4.78 is 3.31. The third kappa shape index (κ3) is 2.05. The van der Waals surface area contributed by atoms with Crippen LogP contribution in [-0.4, -0.2) is 14.0 Å². The van der Waals surface area contributed by atoms with E-state index in [-0.39, 0.29) is 22.7 Å². The Hall–Kier alpha value is -2.94. The molecule has 0 saturated heterocycles. The molecule has 1 aliphatic carbocycles. The molecule has 0 aromatic carbocycles. The Labute approximate surface area is 138 Å². The average molecular weight is 319 g/mol. The highest BCUT2D eigenvalue weighted by atomic mass is 16.1. The van der Waals surface area contributed by atoms with Gasteiger partial charge in [0, 0.05) is 12.2 Å². The van der Waals surface area contributed by atoms with Crippen LogP contribution in [0.5, 0.6) is 0 Å². The van der Waals surface area contributed by atoms with Crippen LogP contribution < -0.4 is 11.0 Å². The molecule has 1 saturated carbocycles. The first kappa shape index (κ1) is 14.6. The largest absolute Gasteiger partial charge is 0.307 e. The SMILES string of the molecule is Cc1ccc2nc3c(cc(C#N)c(=N)n3C3CCCC3)c(=O)n2c1. The molecule has 0 aliphatic heterocycles. The highest BCUT2D eigenvalue weighted by Crippen LogP contribution is 2.30. The van der Waals surface area contributed by atoms with E-state index >= 15 is 0 Å². The fourth-order valence-corrected chi connectivity index (χ4v) is 3.61. The molecule has 6 heteroatoms. The number of aromatic nitrogens is 3. The maximum absolute atomic E-state index is 12.9. The van der Waals surface area contributed by atoms with Crippen LogP contribution in [0.25, 0.3) is 16.7 Å². The number of rotatable bonds is 1. The van der Waals surface area contributed by atoms with Crippen molar-refractivity contribution in [3.05, 3.63) is 51.4 Å². The number of hydrogen-bond donors (Lipinski definition) is 1. The number of nitrogens with zero attached hydrogens (tertiary/aromatic N) is 4. The predicted octanol–water partition coefficient (Wildman–Crippen LogP) is 2.42. The predicted molar refractivity (Wildman–Crippen MR) is 89.8 cm³/mol. The molecular weight excluding hydrogens is 302 g/mol. The summed E-state index contributed by atoms with van der Waals surface area (Å²) in [6, 6.07) is 7.43. The third-order valence-electron chi connectivity index (χ3n) is 4.81. The number of pyridine rings is 2. The Balaban J connectivity index is 2.20. The van der Waals surface area contributed by atoms with Gasteiger partial charge in [0.25, 0.3) is 5.56 Å². The van der Waals surface area contributed by atoms with Gasteiger partial charge in [-0.3, -0.25) is 14.6 Å². The standard InChI is InChI=1S/C18H17N5O/c1-11-6-7-15-21-17-14(18(24)22(15)10-11)8-12(9-19)16(20)23(17)13-4-2-3-5-13/h6-8,10,13,20H,2-5H2,1H3. The quantitative estimate of drug-likeness (QED) is 0.699. The summed E-state index contributed by atoms with van der Waals surface area (Å²) in [4.78, 5) is 17.6. The van der Waals surface area contributed by atoms with Gasteiger partial charge in [-0.15, -0.1) is 0 Å². The highest BCUT2D eigenvalue weighted by molar-refractivity contribution is 5.78. The lowest BCUT2D eigenvalue weighted by molar-refractivity contribution is 0.506. The van der Waals surface area contributed by atoms with Crippen molar-refractivity contribution in [2.75, 3.05) is 0 Å². The van der Waals surface area contributed by atoms with Gasteiger partial charge in [0.2, 0.25) is 0 Å². The van der Waals surface area contributed by atoms with Crippen LogP contribution in [0.4, 0.5) is 0 Å². The van der Waals surface area contributed by atoms with Crippen LogP contribution in [0.15, 0.2) is 29.2 Å². The second kappa shape index (κ2) is 5.31. The molecule has 1 aliphatic rings. The summed E-state index contributed by atoms with van der Waals surface area (Å²) in [5.74, 6) is 0. The minimum absolute atomic E-state index is 0.132. The fraction of sp³-hybridized carbons (Fsp3) is 0.333. The Kier molecular flexibility index (Phi) is 3.24. The van der Waals surface area contributed by atoms with Crippen molar-refractivity contribution in [3.63, 3.8) is 0 Å². The van der Waals surface area contributed by atoms with E-state index in [0.717, 1.165) is 31.2 Å². The lowest BCUT2D eigenvalue weighted by atomic mass is 10.1. The summed E-state index contributed by atoms with van der Waals surface area (Å²) >= 11 is 0. The second-order valence-corrected chi connectivity index (χ2v) is 6.42. The minimum Gasteiger partial charge on any atom is -0.307 e. The first-order valence-electron chi connectivity index (χ1n) is 8.13. The first-order chi connectivity index (χ1) is 11.6. The Morgan fingerprint density at radius 2 is 2.08 bits per heavy atom. The Morgan fingerprint density at radius 1 is 1.33 bits per heavy atom. The molecule has 1 N–H and O–H groups in total. The molecule has 0 unspecified atom stereocenters. The van der Waals surface area contributed by atoms with Gasteiger partial charge in [0.15, 0.2) is 0 Å². The topological polar surface area (TPSA) is 86.9 Å². The maximum atomic E-state index is 12.9. The van der Waals surface area contributed by atoms with Crippen molar-refractivity contribution in [2.24, 2.45) is 0 Å². The summed E-state index contributed by atoms with van der Waals surface area (Å²) in [5, 5.41) is 18.2. The zero-order chi connectivity index (χ0) is 16.8. The van der Waals surface area contributed by atoms with Gasteiger partial charge >= 0.3 is 0 Å². The van der Waals surface area contributed by atoms with E-state index in [1.165, 1.54) is 10.5 Å². The van der Waals surface area contributed by atoms with Crippen molar-refractivity contribution < 1.29 is 0 Å². The zero-order valence-corrected chi connectivity index (χ0v) is 13.4. The van der Waals surface area contributed by atoms with Crippen LogP contribution in [0.3, 0.4) is 0 Å². The van der Waals surface area contributed by atoms with Crippen LogP contribution in [-0.2, 0) is 0 Å². The van der Waals surface area contributed by atoms with Crippen molar-refractivity contribution in [3.8, 4) is 6.07 Å². The van der Waals surface area contributed by atoms with Crippen molar-refractivity contribution in [1.29, 1.82) is 10.7 Å². The van der Waals surface area contributed by atoms with E-state index in [2.05, 4.69) is 11.1 Å². The number of nitriles is 1. The average Bonchev–Trinajstić information content (AvgIpc) is 3.09. The van der Waals surface area contributed by atoms with Crippen LogP contribution in [0, 0.1) is 23.7 Å². The van der Waals surface area contributed by atoms with Gasteiger partial charge in [-0.05, 0) is 37.5 Å². The van der Waals surface area contributed by atoms with Gasteiger partial charge < -0.3 is 4.57 Å². The molecule has 4 rings (SSSR count). The monoisotopic (exact) mass is 319 g/mol. The molecule has 1 fully saturated rings. The van der Waals surface area contributed by atoms with Gasteiger partial charge in [0.1, 0.15) is 22.9 Å². The van der Waals surface area contributed by atoms with E-state index in [1.54, 1.807) is 10.8 Å². The molecule has 0 bridgehead atoms. The first-order valence-corrected chi connectivity index (χ1v) is 8.13.